The molecule has 0 aliphatic carbocycles. The van der Waals surface area contributed by atoms with Crippen LogP contribution < -0.4 is 15.0 Å². The maximum Gasteiger partial charge on any atom is 0.144 e. The number of ether oxygens (including phenoxy) is 1. The van der Waals surface area contributed by atoms with Gasteiger partial charge in [-0.05, 0) is 66.0 Å². The Hall–Kier alpha value is -0.450. The molecule has 3 nitrogen and oxygen atoms in total. The van der Waals surface area contributed by atoms with Crippen LogP contribution in [0.15, 0.2) is 10.5 Å². The second-order valence-corrected chi connectivity index (χ2v) is 5.65. The number of anilines is 1. The minimum atomic E-state index is 0. The highest BCUT2D eigenvalue weighted by Crippen LogP contribution is 2.42. The van der Waals surface area contributed by atoms with Crippen LogP contribution in [0.3, 0.4) is 0 Å². The summed E-state index contributed by atoms with van der Waals surface area (Å²) in [6.07, 6.45) is 2.19. The van der Waals surface area contributed by atoms with Crippen LogP contribution in [0.25, 0.3) is 0 Å². The standard InChI is InChI=1S/C14H19BrN2O.ClH/c1-2-17-7-8-18-12-9-10-3-5-16-6-4-11(10)13(15)14(12)17;/h9,16H,2-8H2,1H3;1H. The van der Waals surface area contributed by atoms with Crippen molar-refractivity contribution in [3.63, 3.8) is 0 Å². The van der Waals surface area contributed by atoms with Crippen LogP contribution in [0.5, 0.6) is 5.75 Å². The number of rotatable bonds is 1. The number of benzene rings is 1. The Balaban J connectivity index is 0.00000133. The van der Waals surface area contributed by atoms with Crippen molar-refractivity contribution in [2.45, 2.75) is 19.8 Å². The summed E-state index contributed by atoms with van der Waals surface area (Å²) in [7, 11) is 0. The highest BCUT2D eigenvalue weighted by Gasteiger charge is 2.24. The van der Waals surface area contributed by atoms with Gasteiger partial charge in [-0.15, -0.1) is 12.4 Å². The van der Waals surface area contributed by atoms with Crippen LogP contribution >= 0.6 is 28.3 Å². The zero-order chi connectivity index (χ0) is 12.5. The second kappa shape index (κ2) is 6.33. The fourth-order valence-electron chi connectivity index (χ4n) is 2.86. The van der Waals surface area contributed by atoms with Gasteiger partial charge in [0.15, 0.2) is 0 Å². The third-order valence-corrected chi connectivity index (χ3v) is 4.69. The molecule has 2 aliphatic heterocycles. The third kappa shape index (κ3) is 2.71. The summed E-state index contributed by atoms with van der Waals surface area (Å²) < 4.78 is 7.10. The van der Waals surface area contributed by atoms with Crippen molar-refractivity contribution < 1.29 is 4.74 Å². The van der Waals surface area contributed by atoms with Crippen LogP contribution in [0.4, 0.5) is 5.69 Å². The molecule has 0 spiro atoms. The molecule has 0 unspecified atom stereocenters. The molecule has 0 aromatic heterocycles. The lowest BCUT2D eigenvalue weighted by Gasteiger charge is -2.32. The van der Waals surface area contributed by atoms with E-state index in [4.69, 9.17) is 4.74 Å². The zero-order valence-electron chi connectivity index (χ0n) is 11.2. The molecule has 19 heavy (non-hydrogen) atoms. The van der Waals surface area contributed by atoms with E-state index in [0.29, 0.717) is 0 Å². The highest BCUT2D eigenvalue weighted by atomic mass is 79.9. The van der Waals surface area contributed by atoms with E-state index in [1.807, 2.05) is 0 Å². The SMILES string of the molecule is CCN1CCOc2cc3c(c(Br)c21)CCNCC3.Cl. The van der Waals surface area contributed by atoms with E-state index < -0.39 is 0 Å². The molecule has 5 heteroatoms. The number of hydrogen-bond acceptors (Lipinski definition) is 3. The summed E-state index contributed by atoms with van der Waals surface area (Å²) in [5.74, 6) is 1.05. The number of likely N-dealkylation sites (N-methyl/N-ethyl adjacent to an activating group) is 1. The van der Waals surface area contributed by atoms with Gasteiger partial charge < -0.3 is 15.0 Å². The molecule has 106 valence electrons. The average Bonchev–Trinajstić information content (AvgIpc) is 2.63. The summed E-state index contributed by atoms with van der Waals surface area (Å²) in [5.41, 5.74) is 4.15. The predicted octanol–water partition coefficient (Wildman–Crippen LogP) is 2.78. The lowest BCUT2D eigenvalue weighted by atomic mass is 10.0. The number of hydrogen-bond donors (Lipinski definition) is 1. The molecular formula is C14H20BrClN2O. The summed E-state index contributed by atoms with van der Waals surface area (Å²) in [6, 6.07) is 2.25. The van der Waals surface area contributed by atoms with Crippen molar-refractivity contribution in [2.24, 2.45) is 0 Å². The first-order valence-corrected chi connectivity index (χ1v) is 7.53. The summed E-state index contributed by atoms with van der Waals surface area (Å²) >= 11 is 3.82. The largest absolute Gasteiger partial charge is 0.490 e. The van der Waals surface area contributed by atoms with Crippen LogP contribution in [-0.2, 0) is 12.8 Å². The summed E-state index contributed by atoms with van der Waals surface area (Å²) in [6.45, 7) is 7.15. The van der Waals surface area contributed by atoms with E-state index in [9.17, 15) is 0 Å². The Morgan fingerprint density at radius 3 is 2.95 bits per heavy atom. The molecule has 1 aromatic carbocycles. The fraction of sp³-hybridized carbons (Fsp3) is 0.571. The fourth-order valence-corrected chi connectivity index (χ4v) is 3.76. The van der Waals surface area contributed by atoms with E-state index >= 15 is 0 Å². The molecule has 1 N–H and O–H groups in total. The van der Waals surface area contributed by atoms with E-state index in [1.165, 1.54) is 21.3 Å². The molecule has 0 saturated heterocycles. The van der Waals surface area contributed by atoms with Gasteiger partial charge in [0.2, 0.25) is 0 Å². The van der Waals surface area contributed by atoms with Crippen molar-refractivity contribution in [3.8, 4) is 5.75 Å². The average molecular weight is 348 g/mol. The smallest absolute Gasteiger partial charge is 0.144 e. The van der Waals surface area contributed by atoms with E-state index in [1.54, 1.807) is 0 Å². The first-order valence-electron chi connectivity index (χ1n) is 6.74. The second-order valence-electron chi connectivity index (χ2n) is 4.85. The van der Waals surface area contributed by atoms with E-state index in [2.05, 4.69) is 39.1 Å². The Morgan fingerprint density at radius 2 is 2.16 bits per heavy atom. The monoisotopic (exact) mass is 346 g/mol. The molecule has 1 aromatic rings. The molecule has 0 radical (unpaired) electrons. The third-order valence-electron chi connectivity index (χ3n) is 3.84. The van der Waals surface area contributed by atoms with Crippen LogP contribution in [0.2, 0.25) is 0 Å². The van der Waals surface area contributed by atoms with E-state index in [-0.39, 0.29) is 12.4 Å². The van der Waals surface area contributed by atoms with Gasteiger partial charge in [0.1, 0.15) is 12.4 Å². The van der Waals surface area contributed by atoms with Gasteiger partial charge in [0, 0.05) is 11.0 Å². The molecule has 0 saturated carbocycles. The Labute approximate surface area is 129 Å². The van der Waals surface area contributed by atoms with Gasteiger partial charge in [-0.1, -0.05) is 0 Å². The predicted molar refractivity (Wildman–Crippen MR) is 85.0 cm³/mol. The Kier molecular flexibility index (Phi) is 4.98. The lowest BCUT2D eigenvalue weighted by molar-refractivity contribution is 0.307. The van der Waals surface area contributed by atoms with Gasteiger partial charge in [-0.3, -0.25) is 0 Å². The van der Waals surface area contributed by atoms with E-state index in [0.717, 1.165) is 51.4 Å². The van der Waals surface area contributed by atoms with Gasteiger partial charge >= 0.3 is 0 Å². The van der Waals surface area contributed by atoms with Crippen molar-refractivity contribution >= 4 is 34.0 Å². The first-order chi connectivity index (χ1) is 8.81. The summed E-state index contributed by atoms with van der Waals surface area (Å²) in [4.78, 5) is 2.40. The maximum absolute atomic E-state index is 5.85. The molecule has 0 amide bonds. The van der Waals surface area contributed by atoms with Crippen molar-refractivity contribution in [1.82, 2.24) is 5.32 Å². The number of halogens is 2. The maximum atomic E-state index is 5.85. The first kappa shape index (κ1) is 14.9. The molecule has 3 rings (SSSR count). The minimum absolute atomic E-state index is 0. The molecule has 0 fully saturated rings. The molecular weight excluding hydrogens is 328 g/mol. The molecule has 2 aliphatic rings. The zero-order valence-corrected chi connectivity index (χ0v) is 13.6. The normalized spacial score (nSPS) is 17.7. The highest BCUT2D eigenvalue weighted by molar-refractivity contribution is 9.10. The lowest BCUT2D eigenvalue weighted by Crippen LogP contribution is -2.33. The Morgan fingerprint density at radius 1 is 1.37 bits per heavy atom. The topological polar surface area (TPSA) is 24.5 Å². The van der Waals surface area contributed by atoms with Crippen molar-refractivity contribution in [2.75, 3.05) is 37.7 Å². The summed E-state index contributed by atoms with van der Waals surface area (Å²) in [5, 5.41) is 3.46. The molecule has 0 bridgehead atoms. The quantitative estimate of drug-likeness (QED) is 0.845. The Bertz CT molecular complexity index is 467. The number of fused-ring (bicyclic) bond motifs is 2. The van der Waals surface area contributed by atoms with Crippen molar-refractivity contribution in [3.05, 3.63) is 21.7 Å². The number of nitrogens with zero attached hydrogens (tertiary/aromatic N) is 1. The van der Waals surface area contributed by atoms with Gasteiger partial charge in [0.25, 0.3) is 0 Å². The van der Waals surface area contributed by atoms with Crippen LogP contribution in [-0.4, -0.2) is 32.8 Å². The van der Waals surface area contributed by atoms with Gasteiger partial charge in [-0.2, -0.15) is 0 Å². The van der Waals surface area contributed by atoms with Gasteiger partial charge in [-0.25, -0.2) is 0 Å². The minimum Gasteiger partial charge on any atom is -0.490 e. The van der Waals surface area contributed by atoms with Gasteiger partial charge in [0.05, 0.1) is 12.2 Å². The molecule has 0 atom stereocenters. The van der Waals surface area contributed by atoms with Crippen molar-refractivity contribution in [1.29, 1.82) is 0 Å². The van der Waals surface area contributed by atoms with Crippen LogP contribution in [0, 0.1) is 0 Å². The van der Waals surface area contributed by atoms with Crippen LogP contribution in [0.1, 0.15) is 18.1 Å². The molecule has 2 heterocycles. The number of nitrogens with one attached hydrogen (secondary N) is 1.